The lowest BCUT2D eigenvalue weighted by Crippen LogP contribution is -2.47. The molecule has 0 atom stereocenters. The number of rotatable bonds is 3. The lowest BCUT2D eigenvalue weighted by molar-refractivity contribution is 0.173. The first-order valence-corrected chi connectivity index (χ1v) is 13.5. The maximum absolute atomic E-state index is 3.05. The van der Waals surface area contributed by atoms with Gasteiger partial charge in [-0.3, -0.25) is 0 Å². The van der Waals surface area contributed by atoms with Crippen molar-refractivity contribution in [2.24, 2.45) is 0 Å². The molecule has 0 aromatic rings. The Morgan fingerprint density at radius 2 is 1.13 bits per heavy atom. The van der Waals surface area contributed by atoms with Gasteiger partial charge in [-0.2, -0.15) is 0 Å². The number of hydrogen-bond acceptors (Lipinski definition) is 1. The van der Waals surface area contributed by atoms with Crippen molar-refractivity contribution in [1.82, 2.24) is 4.57 Å². The molecular weight excluding hydrogens is 214 g/mol. The summed E-state index contributed by atoms with van der Waals surface area (Å²) in [5.74, 6) is 0. The van der Waals surface area contributed by atoms with Gasteiger partial charge in [0, 0.05) is 21.8 Å². The van der Waals surface area contributed by atoms with E-state index in [0.29, 0.717) is 0 Å². The van der Waals surface area contributed by atoms with E-state index in [4.69, 9.17) is 0 Å². The Hall–Kier alpha value is 0.394. The number of hydrogen-bond donors (Lipinski definition) is 0. The van der Waals surface area contributed by atoms with Gasteiger partial charge in [0.05, 0.1) is 9.20 Å². The van der Waals surface area contributed by atoms with E-state index in [9.17, 15) is 0 Å². The molecule has 0 bridgehead atoms. The van der Waals surface area contributed by atoms with Crippen LogP contribution in [-0.4, -0.2) is 35.6 Å². The molecule has 0 aromatic carbocycles. The predicted molar refractivity (Wildman–Crippen MR) is 74.1 cm³/mol. The molecule has 88 valence electrons. The summed E-state index contributed by atoms with van der Waals surface area (Å²) in [4.78, 5) is 0. The van der Waals surface area contributed by atoms with Gasteiger partial charge in [-0.25, -0.2) is 0 Å². The van der Waals surface area contributed by atoms with Crippen LogP contribution in [0.1, 0.15) is 64.2 Å². The molecular formula is C12H27NSi2. The molecule has 0 unspecified atom stereocenters. The molecule has 0 N–H and O–H groups in total. The topological polar surface area (TPSA) is 3.24 Å². The van der Waals surface area contributed by atoms with Gasteiger partial charge in [0.15, 0.2) is 0 Å². The molecule has 0 aromatic heterocycles. The SMILES string of the molecule is [SiH3][SiH2]N(C1CCCCC1)C1CCCCC1. The minimum Gasteiger partial charge on any atom is -0.327 e. The van der Waals surface area contributed by atoms with E-state index in [0.717, 1.165) is 12.1 Å². The van der Waals surface area contributed by atoms with Crippen LogP contribution in [0.4, 0.5) is 0 Å². The molecule has 2 rings (SSSR count). The molecule has 15 heavy (non-hydrogen) atoms. The van der Waals surface area contributed by atoms with Gasteiger partial charge in [0.2, 0.25) is 0 Å². The quantitative estimate of drug-likeness (QED) is 0.674. The van der Waals surface area contributed by atoms with E-state index in [2.05, 4.69) is 4.57 Å². The van der Waals surface area contributed by atoms with Gasteiger partial charge in [0.1, 0.15) is 0 Å². The van der Waals surface area contributed by atoms with Crippen molar-refractivity contribution < 1.29 is 0 Å². The highest BCUT2D eigenvalue weighted by molar-refractivity contribution is 6.87. The predicted octanol–water partition coefficient (Wildman–Crippen LogP) is 1.32. The smallest absolute Gasteiger partial charge is 0.0763 e. The van der Waals surface area contributed by atoms with Crippen molar-refractivity contribution in [2.75, 3.05) is 0 Å². The van der Waals surface area contributed by atoms with Gasteiger partial charge < -0.3 is 4.57 Å². The second-order valence-corrected chi connectivity index (χ2v) is 8.67. The monoisotopic (exact) mass is 241 g/mol. The third-order valence-corrected chi connectivity index (χ3v) is 8.41. The van der Waals surface area contributed by atoms with Crippen LogP contribution in [0.3, 0.4) is 0 Å². The van der Waals surface area contributed by atoms with Crippen molar-refractivity contribution in [3.05, 3.63) is 0 Å². The van der Waals surface area contributed by atoms with Crippen LogP contribution in [-0.2, 0) is 0 Å². The third kappa shape index (κ3) is 3.17. The van der Waals surface area contributed by atoms with Crippen molar-refractivity contribution in [3.63, 3.8) is 0 Å². The fourth-order valence-electron chi connectivity index (χ4n) is 3.64. The van der Waals surface area contributed by atoms with Crippen molar-refractivity contribution in [3.8, 4) is 0 Å². The lowest BCUT2D eigenvalue weighted by Gasteiger charge is -2.41. The van der Waals surface area contributed by atoms with E-state index >= 15 is 0 Å². The zero-order valence-corrected chi connectivity index (χ0v) is 13.8. The van der Waals surface area contributed by atoms with Crippen LogP contribution < -0.4 is 0 Å². The summed E-state index contributed by atoms with van der Waals surface area (Å²) >= 11 is 0. The molecule has 2 saturated carbocycles. The fourth-order valence-corrected chi connectivity index (χ4v) is 8.50. The van der Waals surface area contributed by atoms with E-state index in [1.165, 1.54) is 74.0 Å². The minimum absolute atomic E-state index is 0.210. The fraction of sp³-hybridized carbons (Fsp3) is 1.00. The first-order valence-electron chi connectivity index (χ1n) is 7.17. The molecule has 2 fully saturated rings. The van der Waals surface area contributed by atoms with Crippen molar-refractivity contribution >= 4 is 19.0 Å². The Kier molecular flexibility index (Phi) is 4.91. The molecule has 0 aliphatic heterocycles. The lowest BCUT2D eigenvalue weighted by atomic mass is 9.91. The van der Waals surface area contributed by atoms with Gasteiger partial charge in [0.25, 0.3) is 0 Å². The van der Waals surface area contributed by atoms with Crippen molar-refractivity contribution in [1.29, 1.82) is 0 Å². The zero-order valence-electron chi connectivity index (χ0n) is 10.4. The molecule has 0 radical (unpaired) electrons. The van der Waals surface area contributed by atoms with Crippen LogP contribution in [0.15, 0.2) is 0 Å². The minimum atomic E-state index is 0.210. The summed E-state index contributed by atoms with van der Waals surface area (Å²) in [5.41, 5.74) is 0. The van der Waals surface area contributed by atoms with Crippen LogP contribution >= 0.6 is 0 Å². The Balaban J connectivity index is 1.88. The highest BCUT2D eigenvalue weighted by Gasteiger charge is 2.26. The first kappa shape index (κ1) is 11.9. The molecule has 0 heterocycles. The highest BCUT2D eigenvalue weighted by atomic mass is 29.1. The molecule has 3 heteroatoms. The normalized spacial score (nSPS) is 27.0. The largest absolute Gasteiger partial charge is 0.327 e. The van der Waals surface area contributed by atoms with E-state index in [1.54, 1.807) is 0 Å². The summed E-state index contributed by atoms with van der Waals surface area (Å²) in [6, 6.07) is 2.07. The molecule has 0 spiro atoms. The van der Waals surface area contributed by atoms with Crippen LogP contribution in [0.5, 0.6) is 0 Å². The Labute approximate surface area is 100 Å². The molecule has 2 aliphatic carbocycles. The second-order valence-electron chi connectivity index (χ2n) is 5.41. The van der Waals surface area contributed by atoms with Crippen LogP contribution in [0.2, 0.25) is 0 Å². The summed E-state index contributed by atoms with van der Waals surface area (Å²) in [5, 5.41) is 0. The van der Waals surface area contributed by atoms with E-state index in [-0.39, 0.29) is 9.20 Å². The maximum atomic E-state index is 3.05. The third-order valence-electron chi connectivity index (χ3n) is 4.45. The zero-order chi connectivity index (χ0) is 10.5. The average molecular weight is 242 g/mol. The Morgan fingerprint density at radius 1 is 0.733 bits per heavy atom. The second kappa shape index (κ2) is 6.21. The number of nitrogens with zero attached hydrogens (tertiary/aromatic N) is 1. The average Bonchev–Trinajstić information content (AvgIpc) is 2.33. The van der Waals surface area contributed by atoms with Crippen LogP contribution in [0, 0.1) is 0 Å². The molecule has 2 aliphatic rings. The Bertz CT molecular complexity index is 156. The summed E-state index contributed by atoms with van der Waals surface area (Å²) in [6.45, 7) is 0. The Morgan fingerprint density at radius 3 is 1.47 bits per heavy atom. The summed E-state index contributed by atoms with van der Waals surface area (Å²) < 4.78 is 3.05. The van der Waals surface area contributed by atoms with Gasteiger partial charge in [-0.15, -0.1) is 0 Å². The first-order chi connectivity index (χ1) is 7.42. The molecule has 1 nitrogen and oxygen atoms in total. The van der Waals surface area contributed by atoms with E-state index in [1.807, 2.05) is 0 Å². The van der Waals surface area contributed by atoms with Crippen molar-refractivity contribution in [2.45, 2.75) is 76.3 Å². The standard InChI is InChI=1S/C12H27NSi2/c14-15-13(11-7-3-1-4-8-11)12-9-5-2-6-10-12/h11-12H,1-10,15H2,14H3. The summed E-state index contributed by atoms with van der Waals surface area (Å²) in [7, 11) is 1.71. The van der Waals surface area contributed by atoms with Crippen LogP contribution in [0.25, 0.3) is 0 Å². The van der Waals surface area contributed by atoms with E-state index < -0.39 is 0 Å². The highest BCUT2D eigenvalue weighted by Crippen LogP contribution is 2.28. The molecule has 0 saturated heterocycles. The van der Waals surface area contributed by atoms with Gasteiger partial charge >= 0.3 is 0 Å². The van der Waals surface area contributed by atoms with Gasteiger partial charge in [-0.05, 0) is 25.7 Å². The molecule has 0 amide bonds. The van der Waals surface area contributed by atoms with Gasteiger partial charge in [-0.1, -0.05) is 38.5 Å². The maximum Gasteiger partial charge on any atom is 0.0763 e. The summed E-state index contributed by atoms with van der Waals surface area (Å²) in [6.07, 6.45) is 15.2.